The molecule has 9 heteroatoms. The van der Waals surface area contributed by atoms with Gasteiger partial charge in [0.05, 0.1) is 20.6 Å². The molecule has 2 aromatic carbocycles. The van der Waals surface area contributed by atoms with Gasteiger partial charge in [-0.2, -0.15) is 0 Å². The van der Waals surface area contributed by atoms with Gasteiger partial charge < -0.3 is 10.1 Å². The summed E-state index contributed by atoms with van der Waals surface area (Å²) in [5, 5.41) is 3.41. The largest absolute Gasteiger partial charge is 0.481 e. The molecule has 0 saturated heterocycles. The highest BCUT2D eigenvalue weighted by Gasteiger charge is 2.22. The highest BCUT2D eigenvalue weighted by molar-refractivity contribution is 7.92. The summed E-state index contributed by atoms with van der Waals surface area (Å²) in [5.74, 6) is 0.227. The number of ether oxygens (including phenoxy) is 1. The maximum Gasteiger partial charge on any atom is 0.261 e. The van der Waals surface area contributed by atoms with Crippen LogP contribution in [0.3, 0.4) is 0 Å². The van der Waals surface area contributed by atoms with E-state index in [4.69, 9.17) is 27.9 Å². The van der Waals surface area contributed by atoms with Gasteiger partial charge in [0.1, 0.15) is 5.75 Å². The zero-order valence-electron chi connectivity index (χ0n) is 16.5. The fourth-order valence-electron chi connectivity index (χ4n) is 3.31. The third-order valence-electron chi connectivity index (χ3n) is 4.97. The number of rotatable bonds is 7. The average molecular weight is 471 g/mol. The number of amides is 1. The Kier molecular flexibility index (Phi) is 7.50. The van der Waals surface area contributed by atoms with Crippen LogP contribution in [-0.4, -0.2) is 26.5 Å². The van der Waals surface area contributed by atoms with Gasteiger partial charge in [-0.15, -0.1) is 0 Å². The number of para-hydroxylation sites is 1. The minimum Gasteiger partial charge on any atom is -0.481 e. The molecule has 1 saturated carbocycles. The Bertz CT molecular complexity index is 970. The van der Waals surface area contributed by atoms with Gasteiger partial charge in [-0.1, -0.05) is 48.5 Å². The van der Waals surface area contributed by atoms with E-state index in [0.717, 1.165) is 25.7 Å². The van der Waals surface area contributed by atoms with E-state index in [-0.39, 0.29) is 32.6 Å². The molecule has 1 amide bonds. The fraction of sp³-hybridized carbons (Fsp3) is 0.381. The molecule has 6 nitrogen and oxygen atoms in total. The lowest BCUT2D eigenvalue weighted by Gasteiger charge is -2.24. The summed E-state index contributed by atoms with van der Waals surface area (Å²) in [6.07, 6.45) is 4.77. The first kappa shape index (κ1) is 22.7. The molecule has 1 aliphatic carbocycles. The summed E-state index contributed by atoms with van der Waals surface area (Å²) in [4.78, 5) is 12.4. The Morgan fingerprint density at radius 1 is 1.03 bits per heavy atom. The van der Waals surface area contributed by atoms with E-state index >= 15 is 0 Å². The van der Waals surface area contributed by atoms with Crippen molar-refractivity contribution in [2.24, 2.45) is 0 Å². The maximum absolute atomic E-state index is 12.6. The first-order chi connectivity index (χ1) is 14.3. The maximum atomic E-state index is 12.6. The second-order valence-corrected chi connectivity index (χ2v) is 9.77. The zero-order valence-corrected chi connectivity index (χ0v) is 18.9. The number of halogens is 2. The standard InChI is InChI=1S/C21H24Cl2N2O4S/c1-14(21(26)24-15-6-3-2-4-7-15)29-16-10-12-17(13-11-16)30(27,28)25-20-18(22)8-5-9-19(20)23/h5,8-15,25H,2-4,6-7H2,1H3,(H,24,26)/t14-/m1/s1. The molecule has 30 heavy (non-hydrogen) atoms. The highest BCUT2D eigenvalue weighted by Crippen LogP contribution is 2.32. The number of anilines is 1. The number of nitrogens with one attached hydrogen (secondary N) is 2. The van der Waals surface area contributed by atoms with Crippen LogP contribution in [-0.2, 0) is 14.8 Å². The van der Waals surface area contributed by atoms with Crippen molar-refractivity contribution in [3.63, 3.8) is 0 Å². The Labute approximate surface area is 187 Å². The smallest absolute Gasteiger partial charge is 0.261 e. The van der Waals surface area contributed by atoms with E-state index in [1.165, 1.54) is 30.7 Å². The van der Waals surface area contributed by atoms with Crippen LogP contribution < -0.4 is 14.8 Å². The quantitative estimate of drug-likeness (QED) is 0.595. The molecule has 0 unspecified atom stereocenters. The lowest BCUT2D eigenvalue weighted by atomic mass is 9.95. The van der Waals surface area contributed by atoms with Crippen molar-refractivity contribution in [2.45, 2.75) is 56.1 Å². The van der Waals surface area contributed by atoms with E-state index in [2.05, 4.69) is 10.0 Å². The van der Waals surface area contributed by atoms with Crippen molar-refractivity contribution in [3.05, 3.63) is 52.5 Å². The Hall–Kier alpha value is -1.96. The van der Waals surface area contributed by atoms with E-state index in [0.29, 0.717) is 5.75 Å². The molecule has 162 valence electrons. The van der Waals surface area contributed by atoms with Crippen molar-refractivity contribution in [1.82, 2.24) is 5.32 Å². The highest BCUT2D eigenvalue weighted by atomic mass is 35.5. The van der Waals surface area contributed by atoms with Gasteiger partial charge in [0.15, 0.2) is 6.10 Å². The van der Waals surface area contributed by atoms with Gasteiger partial charge in [0.2, 0.25) is 0 Å². The summed E-state index contributed by atoms with van der Waals surface area (Å²) < 4.78 is 33.3. The lowest BCUT2D eigenvalue weighted by molar-refractivity contribution is -0.128. The van der Waals surface area contributed by atoms with Crippen LogP contribution in [0.5, 0.6) is 5.75 Å². The molecular weight excluding hydrogens is 447 g/mol. The van der Waals surface area contributed by atoms with Crippen LogP contribution in [0.1, 0.15) is 39.0 Å². The Morgan fingerprint density at radius 2 is 1.63 bits per heavy atom. The molecule has 2 aromatic rings. The predicted molar refractivity (Wildman–Crippen MR) is 119 cm³/mol. The normalized spacial score (nSPS) is 16.0. The van der Waals surface area contributed by atoms with E-state index in [1.807, 2.05) is 0 Å². The SMILES string of the molecule is C[C@@H](Oc1ccc(S(=O)(=O)Nc2c(Cl)cccc2Cl)cc1)C(=O)NC1CCCCC1. The molecular formula is C21H24Cl2N2O4S. The number of sulfonamides is 1. The molecule has 1 aliphatic rings. The fourth-order valence-corrected chi connectivity index (χ4v) is 5.01. The molecule has 1 atom stereocenters. The molecule has 0 bridgehead atoms. The summed E-state index contributed by atoms with van der Waals surface area (Å²) >= 11 is 12.1. The number of hydrogen-bond donors (Lipinski definition) is 2. The van der Waals surface area contributed by atoms with Crippen LogP contribution in [0.2, 0.25) is 10.0 Å². The van der Waals surface area contributed by atoms with Crippen molar-refractivity contribution in [3.8, 4) is 5.75 Å². The molecule has 0 aliphatic heterocycles. The predicted octanol–water partition coefficient (Wildman–Crippen LogP) is 5.01. The van der Waals surface area contributed by atoms with E-state index in [1.54, 1.807) is 25.1 Å². The lowest BCUT2D eigenvalue weighted by Crippen LogP contribution is -2.43. The van der Waals surface area contributed by atoms with Crippen LogP contribution >= 0.6 is 23.2 Å². The first-order valence-electron chi connectivity index (χ1n) is 9.80. The molecule has 1 fully saturated rings. The number of hydrogen-bond acceptors (Lipinski definition) is 4. The molecule has 0 heterocycles. The number of benzene rings is 2. The minimum absolute atomic E-state index is 0.0187. The third kappa shape index (κ3) is 5.80. The van der Waals surface area contributed by atoms with Gasteiger partial charge in [0, 0.05) is 6.04 Å². The summed E-state index contributed by atoms with van der Waals surface area (Å²) in [7, 11) is -3.89. The van der Waals surface area contributed by atoms with Gasteiger partial charge in [-0.05, 0) is 56.2 Å². The van der Waals surface area contributed by atoms with Crippen LogP contribution in [0, 0.1) is 0 Å². The van der Waals surface area contributed by atoms with Gasteiger partial charge in [-0.3, -0.25) is 9.52 Å². The minimum atomic E-state index is -3.89. The van der Waals surface area contributed by atoms with E-state index < -0.39 is 16.1 Å². The second-order valence-electron chi connectivity index (χ2n) is 7.28. The summed E-state index contributed by atoms with van der Waals surface area (Å²) in [6.45, 7) is 1.67. The van der Waals surface area contributed by atoms with Crippen LogP contribution in [0.15, 0.2) is 47.4 Å². The van der Waals surface area contributed by atoms with Crippen molar-refractivity contribution < 1.29 is 17.9 Å². The first-order valence-corrected chi connectivity index (χ1v) is 12.0. The number of carbonyl (C=O) groups is 1. The molecule has 0 aromatic heterocycles. The number of carbonyl (C=O) groups excluding carboxylic acids is 1. The molecule has 3 rings (SSSR count). The Balaban J connectivity index is 1.63. The summed E-state index contributed by atoms with van der Waals surface area (Å²) in [6, 6.07) is 10.7. The zero-order chi connectivity index (χ0) is 21.7. The molecule has 2 N–H and O–H groups in total. The topological polar surface area (TPSA) is 84.5 Å². The van der Waals surface area contributed by atoms with Gasteiger partial charge in [0.25, 0.3) is 15.9 Å². The molecule has 0 radical (unpaired) electrons. The molecule has 0 spiro atoms. The Morgan fingerprint density at radius 3 is 2.23 bits per heavy atom. The second kappa shape index (κ2) is 9.90. The average Bonchev–Trinajstić information content (AvgIpc) is 2.72. The van der Waals surface area contributed by atoms with Crippen molar-refractivity contribution in [1.29, 1.82) is 0 Å². The van der Waals surface area contributed by atoms with Crippen molar-refractivity contribution in [2.75, 3.05) is 4.72 Å². The van der Waals surface area contributed by atoms with Crippen LogP contribution in [0.25, 0.3) is 0 Å². The van der Waals surface area contributed by atoms with Gasteiger partial charge in [-0.25, -0.2) is 8.42 Å². The van der Waals surface area contributed by atoms with E-state index in [9.17, 15) is 13.2 Å². The van der Waals surface area contributed by atoms with Gasteiger partial charge >= 0.3 is 0 Å². The van der Waals surface area contributed by atoms with Crippen molar-refractivity contribution >= 4 is 44.8 Å². The third-order valence-corrected chi connectivity index (χ3v) is 6.96. The summed E-state index contributed by atoms with van der Waals surface area (Å²) in [5.41, 5.74) is 0.120. The monoisotopic (exact) mass is 470 g/mol. The van der Waals surface area contributed by atoms with Crippen LogP contribution in [0.4, 0.5) is 5.69 Å².